The summed E-state index contributed by atoms with van der Waals surface area (Å²) in [6.45, 7) is 3.88. The van der Waals surface area contributed by atoms with Gasteiger partial charge in [0.2, 0.25) is 5.91 Å². The van der Waals surface area contributed by atoms with Crippen molar-refractivity contribution in [2.75, 3.05) is 32.8 Å². The molecule has 1 N–H and O–H groups in total. The maximum atomic E-state index is 14.9. The van der Waals surface area contributed by atoms with Crippen LogP contribution < -0.4 is 5.32 Å². The van der Waals surface area contributed by atoms with Gasteiger partial charge in [-0.05, 0) is 74.5 Å². The quantitative estimate of drug-likeness (QED) is 0.200. The second-order valence-corrected chi connectivity index (χ2v) is 14.9. The third kappa shape index (κ3) is 7.71. The van der Waals surface area contributed by atoms with Crippen molar-refractivity contribution >= 4 is 29.9 Å². The van der Waals surface area contributed by atoms with Crippen LogP contribution in [0.2, 0.25) is 0 Å². The van der Waals surface area contributed by atoms with E-state index in [2.05, 4.69) is 10.2 Å². The lowest BCUT2D eigenvalue weighted by molar-refractivity contribution is -0.179. The van der Waals surface area contributed by atoms with E-state index >= 15 is 0 Å². The lowest BCUT2D eigenvalue weighted by Gasteiger charge is -2.56. The molecule has 10 nitrogen and oxygen atoms in total. The Balaban J connectivity index is 1.23. The number of piperidine rings is 2. The van der Waals surface area contributed by atoms with Gasteiger partial charge in [-0.1, -0.05) is 91.4 Å². The Hall–Kier alpha value is -5.17. The van der Waals surface area contributed by atoms with E-state index in [9.17, 15) is 32.3 Å². The van der Waals surface area contributed by atoms with Crippen LogP contribution in [0.25, 0.3) is 6.08 Å². The Morgan fingerprint density at radius 2 is 1.55 bits per heavy atom. The van der Waals surface area contributed by atoms with E-state index in [4.69, 9.17) is 4.74 Å². The van der Waals surface area contributed by atoms with Crippen LogP contribution in [0.15, 0.2) is 91.0 Å². The topological polar surface area (TPSA) is 103 Å². The fourth-order valence-electron chi connectivity index (χ4n) is 8.48. The molecule has 4 atom stereocenters. The van der Waals surface area contributed by atoms with Crippen molar-refractivity contribution in [2.45, 2.75) is 81.5 Å². The van der Waals surface area contributed by atoms with Gasteiger partial charge in [0.25, 0.3) is 11.8 Å². The van der Waals surface area contributed by atoms with Gasteiger partial charge in [-0.3, -0.25) is 19.3 Å². The van der Waals surface area contributed by atoms with Crippen molar-refractivity contribution in [3.63, 3.8) is 0 Å². The molecule has 0 aliphatic carbocycles. The second kappa shape index (κ2) is 15.9. The Morgan fingerprint density at radius 1 is 0.873 bits per heavy atom. The Bertz CT molecular complexity index is 1900. The molecule has 0 saturated carbocycles. The molecule has 0 radical (unpaired) electrons. The molecule has 55 heavy (non-hydrogen) atoms. The number of cyclic esters (lactones) is 1. The van der Waals surface area contributed by atoms with E-state index in [-0.39, 0.29) is 18.7 Å². The zero-order chi connectivity index (χ0) is 38.7. The highest BCUT2D eigenvalue weighted by atomic mass is 19.4. The van der Waals surface area contributed by atoms with Gasteiger partial charge in [0.15, 0.2) is 5.54 Å². The molecule has 3 aromatic rings. The number of ether oxygens (including phenoxy) is 1. The molecule has 4 aliphatic heterocycles. The number of alkyl halides is 3. The fourth-order valence-corrected chi connectivity index (χ4v) is 8.48. The van der Waals surface area contributed by atoms with Crippen LogP contribution in [0.1, 0.15) is 67.3 Å². The number of nitrogens with one attached hydrogen (secondary N) is 1. The molecule has 0 bridgehead atoms. The third-order valence-electron chi connectivity index (χ3n) is 11.5. The maximum absolute atomic E-state index is 14.9. The number of halogens is 3. The van der Waals surface area contributed by atoms with Crippen LogP contribution in [-0.2, 0) is 31.8 Å². The lowest BCUT2D eigenvalue weighted by Crippen LogP contribution is -2.80. The van der Waals surface area contributed by atoms with E-state index in [1.165, 1.54) is 35.3 Å². The van der Waals surface area contributed by atoms with Crippen molar-refractivity contribution in [1.29, 1.82) is 0 Å². The minimum Gasteiger partial charge on any atom is -0.447 e. The predicted molar refractivity (Wildman–Crippen MR) is 199 cm³/mol. The summed E-state index contributed by atoms with van der Waals surface area (Å²) in [7, 11) is 0. The molecule has 290 valence electrons. The highest BCUT2D eigenvalue weighted by Gasteiger charge is 2.64. The van der Waals surface area contributed by atoms with E-state index in [1.807, 2.05) is 60.7 Å². The highest BCUT2D eigenvalue weighted by molar-refractivity contribution is 6.14. The van der Waals surface area contributed by atoms with E-state index in [0.29, 0.717) is 32.0 Å². The zero-order valence-corrected chi connectivity index (χ0v) is 30.8. The first kappa shape index (κ1) is 38.1. The van der Waals surface area contributed by atoms with Gasteiger partial charge in [0.05, 0.1) is 17.6 Å². The summed E-state index contributed by atoms with van der Waals surface area (Å²) in [5.74, 6) is -2.03. The van der Waals surface area contributed by atoms with Gasteiger partial charge in [-0.15, -0.1) is 0 Å². The average Bonchev–Trinajstić information content (AvgIpc) is 3.58. The summed E-state index contributed by atoms with van der Waals surface area (Å²) >= 11 is 0. The SMILES string of the molecule is CC(C(=O)NCc1cccc(C(F)(F)F)c1)(C(=O)N1CCC(N2CCCCC2)CC1)N1C(=O)[C@@H](N2C(=O)OC[C@@H]2c2ccccc2)[C@H]1C=Cc1ccccc1. The first-order chi connectivity index (χ1) is 26.5. The molecule has 4 heterocycles. The normalized spacial score (nSPS) is 23.7. The zero-order valence-electron chi connectivity index (χ0n) is 30.8. The predicted octanol–water partition coefficient (Wildman–Crippen LogP) is 6.04. The van der Waals surface area contributed by atoms with Gasteiger partial charge in [-0.2, -0.15) is 13.2 Å². The smallest absolute Gasteiger partial charge is 0.416 e. The highest BCUT2D eigenvalue weighted by Crippen LogP contribution is 2.42. The molecule has 4 fully saturated rings. The van der Waals surface area contributed by atoms with Gasteiger partial charge in [0.1, 0.15) is 12.6 Å². The molecule has 1 unspecified atom stereocenters. The molecule has 4 aliphatic rings. The van der Waals surface area contributed by atoms with Crippen LogP contribution in [-0.4, -0.2) is 99.9 Å². The van der Waals surface area contributed by atoms with Gasteiger partial charge in [0, 0.05) is 25.7 Å². The summed E-state index contributed by atoms with van der Waals surface area (Å²) < 4.78 is 46.2. The van der Waals surface area contributed by atoms with Crippen molar-refractivity contribution < 1.29 is 37.1 Å². The Labute approximate surface area is 318 Å². The number of nitrogens with zero attached hydrogens (tertiary/aromatic N) is 4. The number of β-lactam (4-membered cyclic amide) rings is 1. The first-order valence-corrected chi connectivity index (χ1v) is 19.0. The molecule has 4 saturated heterocycles. The minimum atomic E-state index is -4.59. The van der Waals surface area contributed by atoms with Gasteiger partial charge >= 0.3 is 12.3 Å². The monoisotopic (exact) mass is 757 g/mol. The molecule has 13 heteroatoms. The molecule has 4 amide bonds. The molecule has 3 aromatic carbocycles. The van der Waals surface area contributed by atoms with Crippen molar-refractivity contribution in [1.82, 2.24) is 24.9 Å². The van der Waals surface area contributed by atoms with E-state index in [0.717, 1.165) is 49.2 Å². The van der Waals surface area contributed by atoms with E-state index in [1.54, 1.807) is 17.1 Å². The van der Waals surface area contributed by atoms with Crippen molar-refractivity contribution in [3.05, 3.63) is 113 Å². The maximum Gasteiger partial charge on any atom is 0.416 e. The molecular formula is C42H46F3N5O5. The fraction of sp³-hybridized carbons (Fsp3) is 0.429. The first-order valence-electron chi connectivity index (χ1n) is 19.0. The second-order valence-electron chi connectivity index (χ2n) is 14.9. The van der Waals surface area contributed by atoms with Crippen LogP contribution in [0, 0.1) is 0 Å². The molecular weight excluding hydrogens is 711 g/mol. The third-order valence-corrected chi connectivity index (χ3v) is 11.5. The standard InChI is InChI=1S/C42H46F3N5O5/c1-41(38(52)46-27-30-14-11-17-32(26-30)42(43,44)45,39(53)48-24-20-33(21-25-48)47-22-9-4-10-23-47)50-34(19-18-29-12-5-2-6-13-29)36(37(50)51)49-35(28-55-40(49)54)31-15-7-3-8-16-31/h2-3,5-8,11-19,26,33-36H,4,9-10,20-25,27-28H2,1H3,(H,46,52)/t34-,35-,36+,41?/m1/s1. The van der Waals surface area contributed by atoms with Crippen molar-refractivity contribution in [2.24, 2.45) is 0 Å². The number of carbonyl (C=O) groups is 4. The number of benzene rings is 3. The van der Waals surface area contributed by atoms with Gasteiger partial charge in [-0.25, -0.2) is 4.79 Å². The number of hydrogen-bond acceptors (Lipinski definition) is 6. The summed E-state index contributed by atoms with van der Waals surface area (Å²) in [4.78, 5) is 64.3. The number of amides is 4. The summed E-state index contributed by atoms with van der Waals surface area (Å²) in [6.07, 6.45) is 3.12. The molecule has 0 aromatic heterocycles. The number of carbonyl (C=O) groups excluding carboxylic acids is 4. The number of likely N-dealkylation sites (tertiary alicyclic amines) is 3. The van der Waals surface area contributed by atoms with Gasteiger partial charge < -0.3 is 24.8 Å². The number of hydrogen-bond donors (Lipinski definition) is 1. The van der Waals surface area contributed by atoms with Crippen LogP contribution in [0.4, 0.5) is 18.0 Å². The largest absolute Gasteiger partial charge is 0.447 e. The van der Waals surface area contributed by atoms with Crippen molar-refractivity contribution in [3.8, 4) is 0 Å². The Morgan fingerprint density at radius 3 is 2.22 bits per heavy atom. The summed E-state index contributed by atoms with van der Waals surface area (Å²) in [6, 6.07) is 20.8. The summed E-state index contributed by atoms with van der Waals surface area (Å²) in [5, 5.41) is 2.71. The van der Waals surface area contributed by atoms with Crippen LogP contribution in [0.3, 0.4) is 0 Å². The minimum absolute atomic E-state index is 0.0153. The number of rotatable bonds is 10. The molecule has 0 spiro atoms. The van der Waals surface area contributed by atoms with Crippen LogP contribution >= 0.6 is 0 Å². The Kier molecular flexibility index (Phi) is 11.0. The average molecular weight is 758 g/mol. The van der Waals surface area contributed by atoms with Crippen LogP contribution in [0.5, 0.6) is 0 Å². The van der Waals surface area contributed by atoms with E-state index < -0.39 is 59.2 Å². The summed E-state index contributed by atoms with van der Waals surface area (Å²) in [5.41, 5.74) is -1.25. The molecule has 7 rings (SSSR count). The lowest BCUT2D eigenvalue weighted by atomic mass is 9.81.